The molecule has 8 heteroatoms. The molecule has 2 N–H and O–H groups in total. The van der Waals surface area contributed by atoms with Crippen molar-refractivity contribution in [2.24, 2.45) is 7.05 Å². The second-order valence-electron chi connectivity index (χ2n) is 4.54. The Morgan fingerprint density at radius 3 is 2.94 bits per heavy atom. The van der Waals surface area contributed by atoms with Crippen molar-refractivity contribution in [2.45, 2.75) is 29.9 Å². The monoisotopic (exact) mass is 275 g/mol. The molecule has 0 radical (unpaired) electrons. The van der Waals surface area contributed by atoms with Gasteiger partial charge in [0.05, 0.1) is 12.3 Å². The summed E-state index contributed by atoms with van der Waals surface area (Å²) in [4.78, 5) is 0.0835. The zero-order valence-electron chi connectivity index (χ0n) is 10.3. The largest absolute Gasteiger partial charge is 0.386 e. The number of sulfonamides is 1. The maximum absolute atomic E-state index is 11.9. The van der Waals surface area contributed by atoms with Gasteiger partial charge in [-0.2, -0.15) is 5.10 Å². The van der Waals surface area contributed by atoms with Crippen molar-refractivity contribution in [3.63, 3.8) is 0 Å². The average molecular weight is 275 g/mol. The molecule has 1 aromatic heterocycles. The third kappa shape index (κ3) is 2.56. The van der Waals surface area contributed by atoms with Gasteiger partial charge in [-0.05, 0) is 6.92 Å². The van der Waals surface area contributed by atoms with E-state index in [1.54, 1.807) is 14.0 Å². The topological polar surface area (TPSA) is 93.4 Å². The van der Waals surface area contributed by atoms with E-state index in [0.29, 0.717) is 13.0 Å². The maximum atomic E-state index is 11.9. The highest BCUT2D eigenvalue weighted by Gasteiger charge is 2.40. The first-order valence-electron chi connectivity index (χ1n) is 5.66. The van der Waals surface area contributed by atoms with Crippen molar-refractivity contribution < 1.29 is 18.3 Å². The Labute approximate surface area is 106 Å². The Balaban J connectivity index is 2.06. The predicted molar refractivity (Wildman–Crippen MR) is 63.4 cm³/mol. The van der Waals surface area contributed by atoms with E-state index in [2.05, 4.69) is 9.82 Å². The molecular weight excluding hydrogens is 258 g/mol. The van der Waals surface area contributed by atoms with Gasteiger partial charge in [0.2, 0.25) is 10.0 Å². The van der Waals surface area contributed by atoms with Crippen LogP contribution in [-0.2, 0) is 21.8 Å². The lowest BCUT2D eigenvalue weighted by Gasteiger charge is -2.25. The summed E-state index contributed by atoms with van der Waals surface area (Å²) in [6.07, 6.45) is 2.71. The minimum Gasteiger partial charge on any atom is -0.386 e. The summed E-state index contributed by atoms with van der Waals surface area (Å²) in [5.41, 5.74) is -1.14. The van der Waals surface area contributed by atoms with Crippen LogP contribution in [0.15, 0.2) is 17.3 Å². The highest BCUT2D eigenvalue weighted by atomic mass is 32.2. The fourth-order valence-corrected chi connectivity index (χ4v) is 2.93. The van der Waals surface area contributed by atoms with Crippen LogP contribution in [0.5, 0.6) is 0 Å². The van der Waals surface area contributed by atoms with Gasteiger partial charge in [-0.15, -0.1) is 0 Å². The number of rotatable bonds is 4. The number of hydrogen-bond donors (Lipinski definition) is 2. The van der Waals surface area contributed by atoms with Gasteiger partial charge >= 0.3 is 0 Å². The summed E-state index contributed by atoms with van der Waals surface area (Å²) in [5, 5.41) is 14.0. The molecule has 0 aliphatic carbocycles. The van der Waals surface area contributed by atoms with Gasteiger partial charge in [0.15, 0.2) is 0 Å². The van der Waals surface area contributed by atoms with E-state index in [-0.39, 0.29) is 17.5 Å². The minimum absolute atomic E-state index is 0.0641. The lowest BCUT2D eigenvalue weighted by Crippen LogP contribution is -2.47. The Kier molecular flexibility index (Phi) is 3.45. The van der Waals surface area contributed by atoms with E-state index in [1.807, 2.05) is 0 Å². The van der Waals surface area contributed by atoms with Gasteiger partial charge in [0, 0.05) is 32.8 Å². The van der Waals surface area contributed by atoms with Crippen LogP contribution < -0.4 is 4.72 Å². The molecule has 18 heavy (non-hydrogen) atoms. The van der Waals surface area contributed by atoms with Gasteiger partial charge in [-0.1, -0.05) is 0 Å². The van der Waals surface area contributed by atoms with E-state index >= 15 is 0 Å². The van der Waals surface area contributed by atoms with E-state index < -0.39 is 15.6 Å². The lowest BCUT2D eigenvalue weighted by atomic mass is 9.97. The van der Waals surface area contributed by atoms with Crippen LogP contribution in [0.2, 0.25) is 0 Å². The SMILES string of the molecule is CC1OCCC1(O)CNS(=O)(=O)c1cnn(C)c1. The summed E-state index contributed by atoms with van der Waals surface area (Å²) in [6.45, 7) is 2.10. The lowest BCUT2D eigenvalue weighted by molar-refractivity contribution is -0.0228. The van der Waals surface area contributed by atoms with E-state index in [1.165, 1.54) is 17.1 Å². The highest BCUT2D eigenvalue weighted by molar-refractivity contribution is 7.89. The summed E-state index contributed by atoms with van der Waals surface area (Å²) in [6, 6.07) is 0. The Hall–Kier alpha value is -0.960. The van der Waals surface area contributed by atoms with Gasteiger partial charge in [0.1, 0.15) is 10.5 Å². The zero-order valence-corrected chi connectivity index (χ0v) is 11.1. The van der Waals surface area contributed by atoms with Crippen molar-refractivity contribution in [1.29, 1.82) is 0 Å². The van der Waals surface area contributed by atoms with Crippen molar-refractivity contribution >= 4 is 10.0 Å². The highest BCUT2D eigenvalue weighted by Crippen LogP contribution is 2.25. The molecule has 7 nitrogen and oxygen atoms in total. The Morgan fingerprint density at radius 1 is 1.72 bits per heavy atom. The normalized spacial score (nSPS) is 28.7. The molecule has 0 bridgehead atoms. The number of nitrogens with one attached hydrogen (secondary N) is 1. The van der Waals surface area contributed by atoms with Crippen LogP contribution in [-0.4, -0.2) is 48.2 Å². The third-order valence-electron chi connectivity index (χ3n) is 3.22. The van der Waals surface area contributed by atoms with Crippen LogP contribution in [0.1, 0.15) is 13.3 Å². The van der Waals surface area contributed by atoms with E-state index in [0.717, 1.165) is 0 Å². The molecule has 1 saturated heterocycles. The van der Waals surface area contributed by atoms with Gasteiger partial charge < -0.3 is 9.84 Å². The van der Waals surface area contributed by atoms with Crippen molar-refractivity contribution in [1.82, 2.24) is 14.5 Å². The quantitative estimate of drug-likeness (QED) is 0.753. The fraction of sp³-hybridized carbons (Fsp3) is 0.700. The standard InChI is InChI=1S/C10H17N3O4S/c1-8-10(14,3-4-17-8)7-12-18(15,16)9-5-11-13(2)6-9/h5-6,8,12,14H,3-4,7H2,1-2H3. The summed E-state index contributed by atoms with van der Waals surface area (Å²) < 4.78 is 32.9. The fourth-order valence-electron chi connectivity index (χ4n) is 1.84. The predicted octanol–water partition coefficient (Wildman–Crippen LogP) is -0.762. The van der Waals surface area contributed by atoms with Gasteiger partial charge in [-0.25, -0.2) is 13.1 Å². The first-order chi connectivity index (χ1) is 8.33. The van der Waals surface area contributed by atoms with Crippen LogP contribution in [0, 0.1) is 0 Å². The number of ether oxygens (including phenoxy) is 1. The molecule has 1 aliphatic heterocycles. The Bertz CT molecular complexity index is 527. The molecule has 2 atom stereocenters. The average Bonchev–Trinajstić information content (AvgIpc) is 2.86. The molecule has 2 unspecified atom stereocenters. The van der Waals surface area contributed by atoms with Gasteiger partial charge in [-0.3, -0.25) is 4.68 Å². The molecule has 0 spiro atoms. The molecule has 1 fully saturated rings. The molecule has 1 aromatic rings. The molecule has 0 amide bonds. The molecule has 0 saturated carbocycles. The number of nitrogens with zero attached hydrogens (tertiary/aromatic N) is 2. The first kappa shape index (κ1) is 13.5. The second-order valence-corrected chi connectivity index (χ2v) is 6.31. The molecule has 1 aliphatic rings. The number of aromatic nitrogens is 2. The first-order valence-corrected chi connectivity index (χ1v) is 7.14. The number of aryl methyl sites for hydroxylation is 1. The van der Waals surface area contributed by atoms with Crippen LogP contribution in [0.3, 0.4) is 0 Å². The molecular formula is C10H17N3O4S. The molecule has 2 rings (SSSR count). The van der Waals surface area contributed by atoms with Crippen LogP contribution in [0.4, 0.5) is 0 Å². The molecule has 2 heterocycles. The summed E-state index contributed by atoms with van der Waals surface area (Å²) in [7, 11) is -2.00. The maximum Gasteiger partial charge on any atom is 0.243 e. The zero-order chi connectivity index (χ0) is 13.4. The van der Waals surface area contributed by atoms with Crippen LogP contribution >= 0.6 is 0 Å². The van der Waals surface area contributed by atoms with Crippen molar-refractivity contribution in [3.8, 4) is 0 Å². The van der Waals surface area contributed by atoms with E-state index in [9.17, 15) is 13.5 Å². The molecule has 0 aromatic carbocycles. The molecule has 102 valence electrons. The van der Waals surface area contributed by atoms with E-state index in [4.69, 9.17) is 4.74 Å². The number of hydrogen-bond acceptors (Lipinski definition) is 5. The number of aliphatic hydroxyl groups is 1. The minimum atomic E-state index is -3.64. The summed E-state index contributed by atoms with van der Waals surface area (Å²) in [5.74, 6) is 0. The smallest absolute Gasteiger partial charge is 0.243 e. The third-order valence-corrected chi connectivity index (χ3v) is 4.58. The van der Waals surface area contributed by atoms with Crippen LogP contribution in [0.25, 0.3) is 0 Å². The van der Waals surface area contributed by atoms with Crippen molar-refractivity contribution in [3.05, 3.63) is 12.4 Å². The summed E-state index contributed by atoms with van der Waals surface area (Å²) >= 11 is 0. The Morgan fingerprint density at radius 2 is 2.44 bits per heavy atom. The second kappa shape index (κ2) is 4.61. The van der Waals surface area contributed by atoms with Gasteiger partial charge in [0.25, 0.3) is 0 Å². The van der Waals surface area contributed by atoms with Crippen molar-refractivity contribution in [2.75, 3.05) is 13.2 Å².